The molecule has 2 rings (SSSR count). The Morgan fingerprint density at radius 1 is 1.41 bits per heavy atom. The molecule has 0 unspecified atom stereocenters. The van der Waals surface area contributed by atoms with Crippen LogP contribution < -0.4 is 10.2 Å². The number of hydrogen-bond donors (Lipinski definition) is 2. The third kappa shape index (κ3) is 3.60. The molecule has 0 saturated carbocycles. The predicted molar refractivity (Wildman–Crippen MR) is 90.0 cm³/mol. The Kier molecular flexibility index (Phi) is 5.08. The number of H-pyrrole nitrogens is 1. The van der Waals surface area contributed by atoms with Gasteiger partial charge in [0.15, 0.2) is 5.96 Å². The summed E-state index contributed by atoms with van der Waals surface area (Å²) in [6, 6.07) is 4.06. The number of guanidine groups is 1. The minimum absolute atomic E-state index is 0.680. The van der Waals surface area contributed by atoms with E-state index in [9.17, 15) is 0 Å². The van der Waals surface area contributed by atoms with Crippen molar-refractivity contribution in [3.63, 3.8) is 0 Å². The van der Waals surface area contributed by atoms with Crippen molar-refractivity contribution in [3.05, 3.63) is 35.9 Å². The van der Waals surface area contributed by atoms with Crippen LogP contribution in [0.3, 0.4) is 0 Å². The minimum atomic E-state index is 0.680. The molecule has 22 heavy (non-hydrogen) atoms. The fraction of sp³-hybridized carbons (Fsp3) is 0.467. The van der Waals surface area contributed by atoms with Crippen molar-refractivity contribution in [2.75, 3.05) is 33.1 Å². The van der Waals surface area contributed by atoms with Gasteiger partial charge in [-0.3, -0.25) is 4.99 Å². The van der Waals surface area contributed by atoms with Crippen molar-refractivity contribution in [1.29, 1.82) is 0 Å². The molecule has 0 spiro atoms. The first kappa shape index (κ1) is 15.9. The van der Waals surface area contributed by atoms with Crippen LogP contribution in [0.4, 0.5) is 5.95 Å². The molecule has 0 amide bonds. The summed E-state index contributed by atoms with van der Waals surface area (Å²) < 4.78 is 2.07. The van der Waals surface area contributed by atoms with E-state index < -0.39 is 0 Å². The van der Waals surface area contributed by atoms with E-state index in [4.69, 9.17) is 0 Å². The lowest BCUT2D eigenvalue weighted by atomic mass is 10.4. The quantitative estimate of drug-likeness (QED) is 0.639. The van der Waals surface area contributed by atoms with Crippen LogP contribution in [0.25, 0.3) is 0 Å². The van der Waals surface area contributed by atoms with Gasteiger partial charge in [-0.1, -0.05) is 0 Å². The molecule has 0 aromatic carbocycles. The van der Waals surface area contributed by atoms with Gasteiger partial charge in [-0.25, -0.2) is 4.98 Å². The number of aromatic amines is 1. The summed E-state index contributed by atoms with van der Waals surface area (Å²) in [7, 11) is 9.81. The molecule has 0 saturated heterocycles. The summed E-state index contributed by atoms with van der Waals surface area (Å²) in [4.78, 5) is 16.0. The van der Waals surface area contributed by atoms with Crippen LogP contribution in [0.2, 0.25) is 0 Å². The SMILES string of the molecule is CN=C(NCc1cnc(N(C)C)n1C)N(C)Cc1ccc[nH]1. The summed E-state index contributed by atoms with van der Waals surface area (Å²) in [6.07, 6.45) is 3.82. The number of imidazole rings is 1. The van der Waals surface area contributed by atoms with E-state index in [0.717, 1.165) is 29.8 Å². The fourth-order valence-electron chi connectivity index (χ4n) is 2.36. The van der Waals surface area contributed by atoms with Crippen LogP contribution in [-0.4, -0.2) is 53.6 Å². The lowest BCUT2D eigenvalue weighted by molar-refractivity contribution is 0.469. The van der Waals surface area contributed by atoms with Gasteiger partial charge >= 0.3 is 0 Å². The third-order valence-corrected chi connectivity index (χ3v) is 3.53. The van der Waals surface area contributed by atoms with Crippen LogP contribution in [0, 0.1) is 0 Å². The van der Waals surface area contributed by atoms with Crippen LogP contribution >= 0.6 is 0 Å². The van der Waals surface area contributed by atoms with Gasteiger partial charge in [-0.15, -0.1) is 0 Å². The zero-order valence-electron chi connectivity index (χ0n) is 14.0. The Morgan fingerprint density at radius 2 is 2.18 bits per heavy atom. The standard InChI is InChI=1S/C15H25N7/c1-16-14(21(4)11-12-7-6-8-17-12)18-9-13-10-19-15(20(2)3)22(13)5/h6-8,10,17H,9,11H2,1-5H3,(H,16,18). The Labute approximate surface area is 131 Å². The molecular formula is C15H25N7. The molecule has 7 nitrogen and oxygen atoms in total. The molecule has 2 N–H and O–H groups in total. The molecule has 2 aromatic heterocycles. The molecule has 0 atom stereocenters. The number of nitrogens with one attached hydrogen (secondary N) is 2. The van der Waals surface area contributed by atoms with Gasteiger partial charge in [-0.2, -0.15) is 0 Å². The lowest BCUT2D eigenvalue weighted by Crippen LogP contribution is -2.38. The zero-order valence-corrected chi connectivity index (χ0v) is 14.0. The summed E-state index contributed by atoms with van der Waals surface area (Å²) in [5.74, 6) is 1.79. The molecule has 0 aliphatic rings. The van der Waals surface area contributed by atoms with Crippen LogP contribution in [0.5, 0.6) is 0 Å². The molecule has 7 heteroatoms. The molecule has 0 fully saturated rings. The van der Waals surface area contributed by atoms with E-state index in [-0.39, 0.29) is 0 Å². The van der Waals surface area contributed by atoms with E-state index in [1.807, 2.05) is 51.6 Å². The molecule has 0 radical (unpaired) electrons. The third-order valence-electron chi connectivity index (χ3n) is 3.53. The smallest absolute Gasteiger partial charge is 0.204 e. The van der Waals surface area contributed by atoms with Gasteiger partial charge in [0.25, 0.3) is 0 Å². The number of aromatic nitrogens is 3. The van der Waals surface area contributed by atoms with E-state index in [1.165, 1.54) is 0 Å². The maximum Gasteiger partial charge on any atom is 0.204 e. The van der Waals surface area contributed by atoms with Crippen molar-refractivity contribution in [3.8, 4) is 0 Å². The Morgan fingerprint density at radius 3 is 2.73 bits per heavy atom. The second kappa shape index (κ2) is 7.02. The van der Waals surface area contributed by atoms with Crippen molar-refractivity contribution in [2.24, 2.45) is 12.0 Å². The lowest BCUT2D eigenvalue weighted by Gasteiger charge is -2.21. The first-order valence-corrected chi connectivity index (χ1v) is 7.25. The minimum Gasteiger partial charge on any atom is -0.364 e. The Hall–Kier alpha value is -2.44. The molecule has 2 heterocycles. The summed E-state index contributed by atoms with van der Waals surface area (Å²) in [6.45, 7) is 1.46. The first-order valence-electron chi connectivity index (χ1n) is 7.25. The highest BCUT2D eigenvalue weighted by Gasteiger charge is 2.11. The Balaban J connectivity index is 1.96. The molecule has 0 bridgehead atoms. The van der Waals surface area contributed by atoms with Crippen molar-refractivity contribution < 1.29 is 0 Å². The van der Waals surface area contributed by atoms with Gasteiger partial charge in [0, 0.05) is 47.1 Å². The summed E-state index contributed by atoms with van der Waals surface area (Å²) >= 11 is 0. The average molecular weight is 303 g/mol. The largest absolute Gasteiger partial charge is 0.364 e. The highest BCUT2D eigenvalue weighted by atomic mass is 15.3. The number of hydrogen-bond acceptors (Lipinski definition) is 3. The maximum absolute atomic E-state index is 4.42. The van der Waals surface area contributed by atoms with E-state index in [0.29, 0.717) is 6.54 Å². The van der Waals surface area contributed by atoms with Crippen LogP contribution in [0.15, 0.2) is 29.5 Å². The van der Waals surface area contributed by atoms with E-state index in [1.54, 1.807) is 7.05 Å². The highest BCUT2D eigenvalue weighted by Crippen LogP contribution is 2.10. The van der Waals surface area contributed by atoms with E-state index >= 15 is 0 Å². The van der Waals surface area contributed by atoms with Gasteiger partial charge in [0.05, 0.1) is 25.0 Å². The van der Waals surface area contributed by atoms with Gasteiger partial charge in [0.2, 0.25) is 5.95 Å². The maximum atomic E-state index is 4.42. The average Bonchev–Trinajstić information content (AvgIpc) is 3.10. The Bertz CT molecular complexity index is 610. The van der Waals surface area contributed by atoms with Crippen molar-refractivity contribution in [2.45, 2.75) is 13.1 Å². The second-order valence-electron chi connectivity index (χ2n) is 5.46. The fourth-order valence-corrected chi connectivity index (χ4v) is 2.36. The van der Waals surface area contributed by atoms with Crippen LogP contribution in [-0.2, 0) is 20.1 Å². The predicted octanol–water partition coefficient (Wildman–Crippen LogP) is 1.02. The van der Waals surface area contributed by atoms with Crippen LogP contribution in [0.1, 0.15) is 11.4 Å². The molecule has 0 aliphatic heterocycles. The van der Waals surface area contributed by atoms with E-state index in [2.05, 4.69) is 35.8 Å². The summed E-state index contributed by atoms with van der Waals surface area (Å²) in [5, 5.41) is 3.37. The monoisotopic (exact) mass is 303 g/mol. The number of rotatable bonds is 5. The number of aliphatic imine (C=N–C) groups is 1. The number of nitrogens with zero attached hydrogens (tertiary/aromatic N) is 5. The molecule has 120 valence electrons. The molecule has 0 aliphatic carbocycles. The number of anilines is 1. The van der Waals surface area contributed by atoms with Gasteiger partial charge in [-0.05, 0) is 12.1 Å². The zero-order chi connectivity index (χ0) is 16.1. The highest BCUT2D eigenvalue weighted by molar-refractivity contribution is 5.79. The normalized spacial score (nSPS) is 11.6. The molecular weight excluding hydrogens is 278 g/mol. The second-order valence-corrected chi connectivity index (χ2v) is 5.46. The topological polar surface area (TPSA) is 64.5 Å². The first-order chi connectivity index (χ1) is 10.5. The van der Waals surface area contributed by atoms with Crippen molar-refractivity contribution >= 4 is 11.9 Å². The van der Waals surface area contributed by atoms with Gasteiger partial charge in [0.1, 0.15) is 0 Å². The molecule has 2 aromatic rings. The van der Waals surface area contributed by atoms with Gasteiger partial charge < -0.3 is 24.7 Å². The van der Waals surface area contributed by atoms with Crippen molar-refractivity contribution in [1.82, 2.24) is 24.8 Å². The summed E-state index contributed by atoms with van der Waals surface area (Å²) in [5.41, 5.74) is 2.26.